The second kappa shape index (κ2) is 6.20. The number of carbonyl (C=O) groups is 1. The monoisotopic (exact) mass is 314 g/mol. The van der Waals surface area contributed by atoms with Crippen LogP contribution in [0.1, 0.15) is 36.8 Å². The number of carbonyl (C=O) groups excluding carboxylic acids is 1. The van der Waals surface area contributed by atoms with Crippen molar-refractivity contribution in [3.63, 3.8) is 0 Å². The van der Waals surface area contributed by atoms with Crippen molar-refractivity contribution in [2.75, 3.05) is 19.6 Å². The first-order chi connectivity index (χ1) is 11.3. The van der Waals surface area contributed by atoms with E-state index in [0.717, 1.165) is 51.3 Å². The fourth-order valence-corrected chi connectivity index (χ4v) is 3.67. The summed E-state index contributed by atoms with van der Waals surface area (Å²) in [5, 5.41) is 4.50. The van der Waals surface area contributed by atoms with Gasteiger partial charge in [-0.2, -0.15) is 5.10 Å². The number of aromatic nitrogens is 2. The van der Waals surface area contributed by atoms with Gasteiger partial charge in [0.1, 0.15) is 5.76 Å². The van der Waals surface area contributed by atoms with E-state index in [1.54, 1.807) is 6.26 Å². The van der Waals surface area contributed by atoms with Gasteiger partial charge >= 0.3 is 0 Å². The summed E-state index contributed by atoms with van der Waals surface area (Å²) in [6.07, 6.45) is 6.26. The molecule has 0 spiro atoms. The van der Waals surface area contributed by atoms with Crippen molar-refractivity contribution in [3.8, 4) is 0 Å². The zero-order valence-corrected chi connectivity index (χ0v) is 13.2. The second-order valence-electron chi connectivity index (χ2n) is 6.44. The molecule has 2 aliphatic heterocycles. The van der Waals surface area contributed by atoms with Gasteiger partial charge in [0, 0.05) is 38.8 Å². The van der Waals surface area contributed by atoms with Gasteiger partial charge in [0.25, 0.3) is 0 Å². The van der Waals surface area contributed by atoms with Crippen LogP contribution in [0.2, 0.25) is 0 Å². The third-order valence-electron chi connectivity index (χ3n) is 4.82. The van der Waals surface area contributed by atoms with Crippen LogP contribution in [0.5, 0.6) is 0 Å². The molecular weight excluding hydrogens is 292 g/mol. The van der Waals surface area contributed by atoms with Gasteiger partial charge in [-0.05, 0) is 31.0 Å². The third kappa shape index (κ3) is 3.03. The average Bonchev–Trinajstić information content (AvgIpc) is 3.27. The summed E-state index contributed by atoms with van der Waals surface area (Å²) in [5.41, 5.74) is 1.24. The lowest BCUT2D eigenvalue weighted by Crippen LogP contribution is -2.39. The van der Waals surface area contributed by atoms with E-state index >= 15 is 0 Å². The molecule has 0 aromatic carbocycles. The molecule has 0 bridgehead atoms. The van der Waals surface area contributed by atoms with Crippen LogP contribution >= 0.6 is 0 Å². The van der Waals surface area contributed by atoms with Crippen molar-refractivity contribution in [1.82, 2.24) is 19.6 Å². The normalized spacial score (nSPS) is 21.8. The number of furan rings is 1. The summed E-state index contributed by atoms with van der Waals surface area (Å²) in [4.78, 5) is 16.2. The Morgan fingerprint density at radius 3 is 3.09 bits per heavy atom. The second-order valence-corrected chi connectivity index (χ2v) is 6.44. The first-order valence-corrected chi connectivity index (χ1v) is 8.34. The summed E-state index contributed by atoms with van der Waals surface area (Å²) < 4.78 is 7.62. The average molecular weight is 314 g/mol. The van der Waals surface area contributed by atoms with E-state index in [9.17, 15) is 4.79 Å². The van der Waals surface area contributed by atoms with Crippen LogP contribution in [0.15, 0.2) is 35.1 Å². The summed E-state index contributed by atoms with van der Waals surface area (Å²) in [7, 11) is 0. The van der Waals surface area contributed by atoms with Crippen molar-refractivity contribution in [2.45, 2.75) is 38.4 Å². The van der Waals surface area contributed by atoms with Gasteiger partial charge in [0.2, 0.25) is 5.91 Å². The largest absolute Gasteiger partial charge is 0.468 e. The zero-order valence-electron chi connectivity index (χ0n) is 13.2. The number of fused-ring (bicyclic) bond motifs is 1. The van der Waals surface area contributed by atoms with E-state index in [4.69, 9.17) is 4.42 Å². The summed E-state index contributed by atoms with van der Waals surface area (Å²) in [6.45, 7) is 4.39. The Labute approximate surface area is 135 Å². The standard InChI is InChI=1S/C17H22N4O2/c22-17-4-1-8-20(17)9-6-15-12-19(13-16-3-2-10-23-16)11-14-5-7-18-21(14)15/h2-3,5,7,10,15H,1,4,6,8-9,11-13H2/t15-/m0/s1. The molecule has 1 fully saturated rings. The molecule has 1 saturated heterocycles. The molecule has 0 saturated carbocycles. The number of hydrogen-bond acceptors (Lipinski definition) is 4. The van der Waals surface area contributed by atoms with Gasteiger partial charge in [-0.25, -0.2) is 0 Å². The quantitative estimate of drug-likeness (QED) is 0.847. The van der Waals surface area contributed by atoms with E-state index in [1.165, 1.54) is 5.69 Å². The van der Waals surface area contributed by atoms with Crippen molar-refractivity contribution in [2.24, 2.45) is 0 Å². The Hall–Kier alpha value is -2.08. The highest BCUT2D eigenvalue weighted by atomic mass is 16.3. The van der Waals surface area contributed by atoms with Crippen molar-refractivity contribution in [3.05, 3.63) is 42.1 Å². The highest BCUT2D eigenvalue weighted by Crippen LogP contribution is 2.25. The molecule has 6 heteroatoms. The van der Waals surface area contributed by atoms with Crippen LogP contribution in [0.25, 0.3) is 0 Å². The Morgan fingerprint density at radius 1 is 1.35 bits per heavy atom. The molecule has 0 aliphatic carbocycles. The molecule has 23 heavy (non-hydrogen) atoms. The van der Waals surface area contributed by atoms with Gasteiger partial charge < -0.3 is 9.32 Å². The number of hydrogen-bond donors (Lipinski definition) is 0. The van der Waals surface area contributed by atoms with E-state index < -0.39 is 0 Å². The number of nitrogens with zero attached hydrogens (tertiary/aromatic N) is 4. The Kier molecular flexibility index (Phi) is 3.91. The van der Waals surface area contributed by atoms with Gasteiger partial charge in [-0.15, -0.1) is 0 Å². The van der Waals surface area contributed by atoms with Crippen LogP contribution in [0.4, 0.5) is 0 Å². The molecule has 1 amide bonds. The highest BCUT2D eigenvalue weighted by Gasteiger charge is 2.28. The fraction of sp³-hybridized carbons (Fsp3) is 0.529. The molecule has 0 N–H and O–H groups in total. The minimum atomic E-state index is 0.300. The van der Waals surface area contributed by atoms with E-state index in [2.05, 4.69) is 20.7 Å². The lowest BCUT2D eigenvalue weighted by atomic mass is 10.1. The molecule has 2 aliphatic rings. The predicted octanol–water partition coefficient (Wildman–Crippen LogP) is 2.05. The van der Waals surface area contributed by atoms with Crippen molar-refractivity contribution >= 4 is 5.91 Å². The molecule has 122 valence electrons. The van der Waals surface area contributed by atoms with Crippen molar-refractivity contribution in [1.29, 1.82) is 0 Å². The van der Waals surface area contributed by atoms with Crippen LogP contribution in [0.3, 0.4) is 0 Å². The minimum absolute atomic E-state index is 0.300. The fourth-order valence-electron chi connectivity index (χ4n) is 3.67. The Balaban J connectivity index is 1.43. The zero-order chi connectivity index (χ0) is 15.6. The molecule has 6 nitrogen and oxygen atoms in total. The maximum atomic E-state index is 11.8. The molecule has 0 radical (unpaired) electrons. The first kappa shape index (κ1) is 14.5. The van der Waals surface area contributed by atoms with Crippen LogP contribution in [-0.4, -0.2) is 45.1 Å². The molecular formula is C17H22N4O2. The predicted molar refractivity (Wildman–Crippen MR) is 84.5 cm³/mol. The van der Waals surface area contributed by atoms with Gasteiger partial charge in [-0.3, -0.25) is 14.4 Å². The Bertz CT molecular complexity index is 664. The molecule has 2 aromatic heterocycles. The number of likely N-dealkylation sites (tertiary alicyclic amines) is 1. The maximum absolute atomic E-state index is 11.8. The van der Waals surface area contributed by atoms with Gasteiger partial charge in [0.15, 0.2) is 0 Å². The van der Waals surface area contributed by atoms with Gasteiger partial charge in [0.05, 0.1) is 24.5 Å². The van der Waals surface area contributed by atoms with Crippen LogP contribution in [-0.2, 0) is 17.9 Å². The highest BCUT2D eigenvalue weighted by molar-refractivity contribution is 5.77. The molecule has 1 atom stereocenters. The SMILES string of the molecule is O=C1CCCN1CC[C@H]1CN(Cc2ccco2)Cc2ccnn21. The third-order valence-corrected chi connectivity index (χ3v) is 4.82. The molecule has 4 heterocycles. The summed E-state index contributed by atoms with van der Waals surface area (Å²) in [6, 6.07) is 6.35. The van der Waals surface area contributed by atoms with E-state index in [0.29, 0.717) is 18.4 Å². The minimum Gasteiger partial charge on any atom is -0.468 e. The van der Waals surface area contributed by atoms with E-state index in [-0.39, 0.29) is 0 Å². The lowest BCUT2D eigenvalue weighted by Gasteiger charge is -2.34. The topological polar surface area (TPSA) is 54.5 Å². The smallest absolute Gasteiger partial charge is 0.222 e. The summed E-state index contributed by atoms with van der Waals surface area (Å²) in [5.74, 6) is 1.29. The molecule has 0 unspecified atom stereocenters. The summed E-state index contributed by atoms with van der Waals surface area (Å²) >= 11 is 0. The van der Waals surface area contributed by atoms with Crippen LogP contribution in [0, 0.1) is 0 Å². The molecule has 4 rings (SSSR count). The van der Waals surface area contributed by atoms with Crippen LogP contribution < -0.4 is 0 Å². The van der Waals surface area contributed by atoms with Gasteiger partial charge in [-0.1, -0.05) is 0 Å². The number of amides is 1. The lowest BCUT2D eigenvalue weighted by molar-refractivity contribution is -0.127. The number of rotatable bonds is 5. The van der Waals surface area contributed by atoms with Crippen molar-refractivity contribution < 1.29 is 9.21 Å². The maximum Gasteiger partial charge on any atom is 0.222 e. The Morgan fingerprint density at radius 2 is 2.30 bits per heavy atom. The first-order valence-electron chi connectivity index (χ1n) is 8.34. The van der Waals surface area contributed by atoms with E-state index in [1.807, 2.05) is 23.2 Å². The molecule has 2 aromatic rings.